The van der Waals surface area contributed by atoms with Gasteiger partial charge in [0, 0.05) is 50.8 Å². The van der Waals surface area contributed by atoms with Gasteiger partial charge in [0.25, 0.3) is 5.91 Å². The Kier molecular flexibility index (Phi) is 3.92. The maximum atomic E-state index is 12.7. The average Bonchev–Trinajstić information content (AvgIpc) is 3.35. The zero-order chi connectivity index (χ0) is 19.3. The maximum absolute atomic E-state index is 12.7. The van der Waals surface area contributed by atoms with Crippen LogP contribution in [0.3, 0.4) is 0 Å². The van der Waals surface area contributed by atoms with Gasteiger partial charge >= 0.3 is 5.69 Å². The lowest BCUT2D eigenvalue weighted by Crippen LogP contribution is -2.29. The van der Waals surface area contributed by atoms with Crippen LogP contribution in [0.2, 0.25) is 0 Å². The lowest BCUT2D eigenvalue weighted by atomic mass is 10.0. The number of carbonyl (C=O) groups is 1. The molecule has 8 heteroatoms. The summed E-state index contributed by atoms with van der Waals surface area (Å²) in [4.78, 5) is 33.4. The van der Waals surface area contributed by atoms with Crippen LogP contribution in [0.5, 0.6) is 0 Å². The van der Waals surface area contributed by atoms with Crippen LogP contribution < -0.4 is 10.6 Å². The van der Waals surface area contributed by atoms with Gasteiger partial charge < -0.3 is 9.80 Å². The lowest BCUT2D eigenvalue weighted by molar-refractivity contribution is 0.0792. The molecular formula is C20H22N6O2. The Bertz CT molecular complexity index is 1130. The standard InChI is InChI=1S/C20H22N6O2/c1-23-20(28)26-10-6-16(12-17(26)22-23)25-9-4-5-14-11-15(13-21-18(14)25)19(27)24-7-2-3-8-24/h6,10-13H,2-5,7-9H2,1H3. The smallest absolute Gasteiger partial charge is 0.339 e. The van der Waals surface area contributed by atoms with Crippen molar-refractivity contribution in [2.45, 2.75) is 25.7 Å². The molecule has 3 aromatic heterocycles. The van der Waals surface area contributed by atoms with Gasteiger partial charge in [-0.1, -0.05) is 0 Å². The first kappa shape index (κ1) is 17.0. The van der Waals surface area contributed by atoms with Gasteiger partial charge in [-0.25, -0.2) is 14.5 Å². The van der Waals surface area contributed by atoms with E-state index in [1.165, 1.54) is 9.08 Å². The van der Waals surface area contributed by atoms with E-state index < -0.39 is 0 Å². The van der Waals surface area contributed by atoms with E-state index in [0.29, 0.717) is 11.2 Å². The summed E-state index contributed by atoms with van der Waals surface area (Å²) in [5, 5.41) is 4.28. The molecule has 1 fully saturated rings. The summed E-state index contributed by atoms with van der Waals surface area (Å²) in [6, 6.07) is 5.82. The number of anilines is 2. The van der Waals surface area contributed by atoms with Gasteiger partial charge in [-0.2, -0.15) is 5.10 Å². The summed E-state index contributed by atoms with van der Waals surface area (Å²) in [6.07, 6.45) is 7.50. The Balaban J connectivity index is 1.50. The van der Waals surface area contributed by atoms with E-state index in [-0.39, 0.29) is 11.6 Å². The quantitative estimate of drug-likeness (QED) is 0.679. The fraction of sp³-hybridized carbons (Fsp3) is 0.400. The van der Waals surface area contributed by atoms with E-state index >= 15 is 0 Å². The minimum atomic E-state index is -0.163. The molecule has 1 amide bonds. The molecule has 3 aromatic rings. The van der Waals surface area contributed by atoms with Crippen molar-refractivity contribution in [1.82, 2.24) is 24.1 Å². The fourth-order valence-electron chi connectivity index (χ4n) is 4.17. The molecule has 2 aliphatic heterocycles. The van der Waals surface area contributed by atoms with Crippen molar-refractivity contribution in [3.05, 3.63) is 52.2 Å². The molecule has 0 unspecified atom stereocenters. The summed E-state index contributed by atoms with van der Waals surface area (Å²) in [5.74, 6) is 0.964. The Labute approximate surface area is 162 Å². The summed E-state index contributed by atoms with van der Waals surface area (Å²) in [6.45, 7) is 2.52. The van der Waals surface area contributed by atoms with E-state index in [1.54, 1.807) is 19.4 Å². The zero-order valence-electron chi connectivity index (χ0n) is 15.8. The molecule has 28 heavy (non-hydrogen) atoms. The molecule has 8 nitrogen and oxygen atoms in total. The van der Waals surface area contributed by atoms with Gasteiger partial charge in [-0.15, -0.1) is 0 Å². The molecule has 0 saturated carbocycles. The number of rotatable bonds is 2. The maximum Gasteiger partial charge on any atom is 0.350 e. The lowest BCUT2D eigenvalue weighted by Gasteiger charge is -2.30. The minimum absolute atomic E-state index is 0.0826. The van der Waals surface area contributed by atoms with E-state index in [9.17, 15) is 9.59 Å². The molecule has 1 saturated heterocycles. The number of aryl methyl sites for hydroxylation is 2. The molecule has 0 aromatic carbocycles. The molecular weight excluding hydrogens is 356 g/mol. The van der Waals surface area contributed by atoms with Gasteiger partial charge in [-0.3, -0.25) is 9.20 Å². The van der Waals surface area contributed by atoms with Crippen molar-refractivity contribution in [1.29, 1.82) is 0 Å². The molecule has 144 valence electrons. The van der Waals surface area contributed by atoms with E-state index in [1.807, 2.05) is 23.1 Å². The number of nitrogens with zero attached hydrogens (tertiary/aromatic N) is 6. The number of hydrogen-bond acceptors (Lipinski definition) is 5. The highest BCUT2D eigenvalue weighted by Crippen LogP contribution is 2.32. The van der Waals surface area contributed by atoms with Crippen LogP contribution in [0, 0.1) is 0 Å². The monoisotopic (exact) mass is 378 g/mol. The number of fused-ring (bicyclic) bond motifs is 2. The second-order valence-corrected chi connectivity index (χ2v) is 7.48. The highest BCUT2D eigenvalue weighted by atomic mass is 16.2. The van der Waals surface area contributed by atoms with Crippen LogP contribution in [-0.4, -0.2) is 49.6 Å². The summed E-state index contributed by atoms with van der Waals surface area (Å²) >= 11 is 0. The molecule has 0 atom stereocenters. The number of hydrogen-bond donors (Lipinski definition) is 0. The second kappa shape index (κ2) is 6.47. The fourth-order valence-corrected chi connectivity index (χ4v) is 4.17. The number of amides is 1. The first-order valence-corrected chi connectivity index (χ1v) is 9.73. The van der Waals surface area contributed by atoms with Crippen LogP contribution in [0.4, 0.5) is 11.5 Å². The number of pyridine rings is 2. The Morgan fingerprint density at radius 2 is 1.93 bits per heavy atom. The predicted octanol–water partition coefficient (Wildman–Crippen LogP) is 1.75. The number of carbonyl (C=O) groups excluding carboxylic acids is 1. The van der Waals surface area contributed by atoms with Gasteiger partial charge in [0.2, 0.25) is 0 Å². The highest BCUT2D eigenvalue weighted by Gasteiger charge is 2.24. The van der Waals surface area contributed by atoms with Crippen molar-refractivity contribution >= 4 is 23.1 Å². The molecule has 0 bridgehead atoms. The van der Waals surface area contributed by atoms with Gasteiger partial charge in [0.15, 0.2) is 5.65 Å². The van der Waals surface area contributed by atoms with Crippen LogP contribution in [-0.2, 0) is 13.5 Å². The van der Waals surface area contributed by atoms with Gasteiger partial charge in [0.05, 0.1) is 5.56 Å². The van der Waals surface area contributed by atoms with Crippen molar-refractivity contribution in [3.8, 4) is 0 Å². The summed E-state index contributed by atoms with van der Waals surface area (Å²) in [5.41, 5.74) is 3.16. The van der Waals surface area contributed by atoms with Crippen molar-refractivity contribution < 1.29 is 4.79 Å². The molecule has 0 N–H and O–H groups in total. The zero-order valence-corrected chi connectivity index (χ0v) is 15.8. The molecule has 2 aliphatic rings. The van der Waals surface area contributed by atoms with Crippen LogP contribution in [0.15, 0.2) is 35.4 Å². The highest BCUT2D eigenvalue weighted by molar-refractivity contribution is 5.94. The SMILES string of the molecule is Cn1nc2cc(N3CCCc4cc(C(=O)N5CCCC5)cnc43)ccn2c1=O. The summed E-state index contributed by atoms with van der Waals surface area (Å²) < 4.78 is 2.86. The van der Waals surface area contributed by atoms with E-state index in [4.69, 9.17) is 0 Å². The summed E-state index contributed by atoms with van der Waals surface area (Å²) in [7, 11) is 1.64. The Morgan fingerprint density at radius 1 is 1.11 bits per heavy atom. The topological polar surface area (TPSA) is 75.7 Å². The number of aromatic nitrogens is 4. The molecule has 0 spiro atoms. The van der Waals surface area contributed by atoms with E-state index in [0.717, 1.165) is 62.4 Å². The predicted molar refractivity (Wildman–Crippen MR) is 105 cm³/mol. The molecule has 5 rings (SSSR count). The number of likely N-dealkylation sites (tertiary alicyclic amines) is 1. The third kappa shape index (κ3) is 2.67. The third-order valence-electron chi connectivity index (χ3n) is 5.63. The van der Waals surface area contributed by atoms with Crippen molar-refractivity contribution in [2.24, 2.45) is 7.05 Å². The largest absolute Gasteiger partial charge is 0.350 e. The van der Waals surface area contributed by atoms with Gasteiger partial charge in [-0.05, 0) is 43.4 Å². The normalized spacial score (nSPS) is 16.6. The molecule has 0 radical (unpaired) electrons. The average molecular weight is 378 g/mol. The molecule has 5 heterocycles. The minimum Gasteiger partial charge on any atom is -0.339 e. The first-order chi connectivity index (χ1) is 13.6. The second-order valence-electron chi connectivity index (χ2n) is 7.48. The third-order valence-corrected chi connectivity index (χ3v) is 5.63. The van der Waals surface area contributed by atoms with Crippen molar-refractivity contribution in [2.75, 3.05) is 24.5 Å². The Morgan fingerprint density at radius 3 is 2.75 bits per heavy atom. The van der Waals surface area contributed by atoms with Crippen LogP contribution in [0.1, 0.15) is 35.2 Å². The van der Waals surface area contributed by atoms with Crippen LogP contribution >= 0.6 is 0 Å². The van der Waals surface area contributed by atoms with Crippen molar-refractivity contribution in [3.63, 3.8) is 0 Å². The van der Waals surface area contributed by atoms with Crippen LogP contribution in [0.25, 0.3) is 5.65 Å². The van der Waals surface area contributed by atoms with Gasteiger partial charge in [0.1, 0.15) is 5.82 Å². The molecule has 0 aliphatic carbocycles. The van der Waals surface area contributed by atoms with E-state index in [2.05, 4.69) is 15.0 Å². The first-order valence-electron chi connectivity index (χ1n) is 9.73. The Hall–Kier alpha value is -3.16.